The van der Waals surface area contributed by atoms with Crippen LogP contribution in [0.2, 0.25) is 0 Å². The number of rotatable bonds is 5. The van der Waals surface area contributed by atoms with Gasteiger partial charge in [0.05, 0.1) is 0 Å². The third kappa shape index (κ3) is 2.67. The fourth-order valence-corrected chi connectivity index (χ4v) is 0.971. The molecule has 2 heteroatoms. The zero-order valence-corrected chi connectivity index (χ0v) is 6.94. The predicted octanol–water partition coefficient (Wildman–Crippen LogP) is 1.16. The zero-order valence-electron chi connectivity index (χ0n) is 6.94. The summed E-state index contributed by atoms with van der Waals surface area (Å²) in [5, 5.41) is 3.49. The lowest BCUT2D eigenvalue weighted by Crippen LogP contribution is -2.29. The Morgan fingerprint density at radius 3 is 2.70 bits per heavy atom. The van der Waals surface area contributed by atoms with Crippen molar-refractivity contribution in [3.8, 4) is 0 Å². The van der Waals surface area contributed by atoms with Crippen LogP contribution in [0.4, 0.5) is 0 Å². The van der Waals surface area contributed by atoms with Gasteiger partial charge in [0.2, 0.25) is 0 Å². The van der Waals surface area contributed by atoms with Gasteiger partial charge in [-0.3, -0.25) is 0 Å². The van der Waals surface area contributed by atoms with Gasteiger partial charge in [-0.25, -0.2) is 0 Å². The molecule has 2 nitrogen and oxygen atoms in total. The summed E-state index contributed by atoms with van der Waals surface area (Å²) in [4.78, 5) is 0. The summed E-state index contributed by atoms with van der Waals surface area (Å²) in [6.07, 6.45) is 3.83. The third-order valence-electron chi connectivity index (χ3n) is 2.08. The van der Waals surface area contributed by atoms with Crippen LogP contribution in [-0.2, 0) is 4.74 Å². The highest BCUT2D eigenvalue weighted by Gasteiger charge is 2.35. The Morgan fingerprint density at radius 1 is 1.50 bits per heavy atom. The van der Waals surface area contributed by atoms with Crippen LogP contribution in [0.5, 0.6) is 0 Å². The van der Waals surface area contributed by atoms with Crippen molar-refractivity contribution in [2.75, 3.05) is 20.3 Å². The highest BCUT2D eigenvalue weighted by Crippen LogP contribution is 2.33. The van der Waals surface area contributed by atoms with E-state index in [0.717, 1.165) is 19.6 Å². The normalized spacial score (nSPS) is 21.0. The molecule has 0 saturated heterocycles. The topological polar surface area (TPSA) is 21.3 Å². The van der Waals surface area contributed by atoms with Gasteiger partial charge in [-0.2, -0.15) is 0 Å². The van der Waals surface area contributed by atoms with E-state index >= 15 is 0 Å². The van der Waals surface area contributed by atoms with E-state index in [9.17, 15) is 0 Å². The van der Waals surface area contributed by atoms with Crippen LogP contribution < -0.4 is 5.32 Å². The Morgan fingerprint density at radius 2 is 2.20 bits per heavy atom. The molecule has 1 aliphatic rings. The van der Waals surface area contributed by atoms with Crippen molar-refractivity contribution < 1.29 is 4.74 Å². The first-order chi connectivity index (χ1) is 4.77. The predicted molar refractivity (Wildman–Crippen MR) is 42.1 cm³/mol. The number of hydrogen-bond acceptors (Lipinski definition) is 2. The van der Waals surface area contributed by atoms with Gasteiger partial charge in [-0.15, -0.1) is 0 Å². The summed E-state index contributed by atoms with van der Waals surface area (Å²) in [6.45, 7) is 4.26. The fraction of sp³-hybridized carbons (Fsp3) is 1.00. The van der Waals surface area contributed by atoms with Crippen LogP contribution in [0.1, 0.15) is 26.2 Å². The second-order valence-corrected chi connectivity index (χ2v) is 3.33. The largest absolute Gasteiger partial charge is 0.385 e. The van der Waals surface area contributed by atoms with E-state index in [1.54, 1.807) is 7.11 Å². The Balaban J connectivity index is 1.86. The van der Waals surface area contributed by atoms with Gasteiger partial charge in [0.15, 0.2) is 0 Å². The first-order valence-electron chi connectivity index (χ1n) is 4.01. The van der Waals surface area contributed by atoms with Gasteiger partial charge in [-0.05, 0) is 32.7 Å². The highest BCUT2D eigenvalue weighted by molar-refractivity contribution is 4.97. The lowest BCUT2D eigenvalue weighted by atomic mass is 10.3. The molecule has 1 N–H and O–H groups in total. The van der Waals surface area contributed by atoms with Crippen molar-refractivity contribution in [1.29, 1.82) is 0 Å². The molecule has 0 heterocycles. The summed E-state index contributed by atoms with van der Waals surface area (Å²) in [6, 6.07) is 0. The molecule has 1 fully saturated rings. The number of ether oxygens (including phenoxy) is 1. The lowest BCUT2D eigenvalue weighted by Gasteiger charge is -2.09. The van der Waals surface area contributed by atoms with Crippen molar-refractivity contribution in [2.24, 2.45) is 0 Å². The smallest absolute Gasteiger partial charge is 0.0474 e. The molecule has 0 atom stereocenters. The second kappa shape index (κ2) is 3.35. The molecule has 0 bridgehead atoms. The van der Waals surface area contributed by atoms with Gasteiger partial charge >= 0.3 is 0 Å². The molecule has 0 aromatic heterocycles. The van der Waals surface area contributed by atoms with E-state index in [4.69, 9.17) is 4.74 Å². The van der Waals surface area contributed by atoms with Gasteiger partial charge in [-0.1, -0.05) is 0 Å². The number of methoxy groups -OCH3 is 1. The molecule has 10 heavy (non-hydrogen) atoms. The van der Waals surface area contributed by atoms with Gasteiger partial charge < -0.3 is 10.1 Å². The van der Waals surface area contributed by atoms with Crippen LogP contribution in [0.15, 0.2) is 0 Å². The molecule has 0 spiro atoms. The molecular weight excluding hydrogens is 126 g/mol. The number of nitrogens with one attached hydrogen (secondary N) is 1. The Kier molecular flexibility index (Phi) is 2.69. The van der Waals surface area contributed by atoms with Gasteiger partial charge in [0.25, 0.3) is 0 Å². The second-order valence-electron chi connectivity index (χ2n) is 3.33. The lowest BCUT2D eigenvalue weighted by molar-refractivity contribution is 0.193. The summed E-state index contributed by atoms with van der Waals surface area (Å²) in [5.41, 5.74) is 0.494. The zero-order chi connectivity index (χ0) is 7.45. The molecule has 1 saturated carbocycles. The Bertz CT molecular complexity index is 99.4. The summed E-state index contributed by atoms with van der Waals surface area (Å²) in [7, 11) is 1.75. The highest BCUT2D eigenvalue weighted by atomic mass is 16.5. The first kappa shape index (κ1) is 8.02. The minimum atomic E-state index is 0.494. The fourth-order valence-electron chi connectivity index (χ4n) is 0.971. The Hall–Kier alpha value is -0.0800. The van der Waals surface area contributed by atoms with E-state index in [2.05, 4.69) is 12.2 Å². The molecule has 0 aliphatic heterocycles. The van der Waals surface area contributed by atoms with Gasteiger partial charge in [0, 0.05) is 19.3 Å². The Labute approximate surface area is 63.0 Å². The van der Waals surface area contributed by atoms with Crippen molar-refractivity contribution in [3.63, 3.8) is 0 Å². The standard InChI is InChI=1S/C8H17NO/c1-8(4-5-8)9-6-3-7-10-2/h9H,3-7H2,1-2H3. The van der Waals surface area contributed by atoms with Crippen LogP contribution >= 0.6 is 0 Å². The molecule has 60 valence electrons. The molecule has 0 amide bonds. The summed E-state index contributed by atoms with van der Waals surface area (Å²) >= 11 is 0. The minimum absolute atomic E-state index is 0.494. The maximum atomic E-state index is 4.94. The van der Waals surface area contributed by atoms with E-state index in [1.807, 2.05) is 0 Å². The van der Waals surface area contributed by atoms with E-state index in [1.165, 1.54) is 12.8 Å². The molecule has 0 aromatic rings. The SMILES string of the molecule is COCCCNC1(C)CC1. The summed E-state index contributed by atoms with van der Waals surface area (Å²) in [5.74, 6) is 0. The van der Waals surface area contributed by atoms with Crippen molar-refractivity contribution >= 4 is 0 Å². The molecule has 0 radical (unpaired) electrons. The number of hydrogen-bond donors (Lipinski definition) is 1. The van der Waals surface area contributed by atoms with Crippen molar-refractivity contribution in [3.05, 3.63) is 0 Å². The van der Waals surface area contributed by atoms with Crippen LogP contribution in [-0.4, -0.2) is 25.8 Å². The molecular formula is C8H17NO. The van der Waals surface area contributed by atoms with E-state index in [-0.39, 0.29) is 0 Å². The van der Waals surface area contributed by atoms with E-state index < -0.39 is 0 Å². The van der Waals surface area contributed by atoms with Crippen LogP contribution in [0.25, 0.3) is 0 Å². The average molecular weight is 143 g/mol. The molecule has 0 unspecified atom stereocenters. The van der Waals surface area contributed by atoms with E-state index in [0.29, 0.717) is 5.54 Å². The summed E-state index contributed by atoms with van der Waals surface area (Å²) < 4.78 is 4.94. The van der Waals surface area contributed by atoms with Crippen molar-refractivity contribution in [2.45, 2.75) is 31.7 Å². The first-order valence-corrected chi connectivity index (χ1v) is 4.01. The average Bonchev–Trinajstić information content (AvgIpc) is 2.62. The maximum absolute atomic E-state index is 4.94. The molecule has 1 rings (SSSR count). The third-order valence-corrected chi connectivity index (χ3v) is 2.08. The molecule has 1 aliphatic carbocycles. The van der Waals surface area contributed by atoms with Crippen molar-refractivity contribution in [1.82, 2.24) is 5.32 Å². The quantitative estimate of drug-likeness (QED) is 0.583. The minimum Gasteiger partial charge on any atom is -0.385 e. The monoisotopic (exact) mass is 143 g/mol. The van der Waals surface area contributed by atoms with Crippen LogP contribution in [0, 0.1) is 0 Å². The van der Waals surface area contributed by atoms with Crippen LogP contribution in [0.3, 0.4) is 0 Å². The molecule has 0 aromatic carbocycles. The van der Waals surface area contributed by atoms with Gasteiger partial charge in [0.1, 0.15) is 0 Å². The maximum Gasteiger partial charge on any atom is 0.0474 e.